The number of pyridine rings is 1. The smallest absolute Gasteiger partial charge is 0.273 e. The monoisotopic (exact) mass is 340 g/mol. The molecule has 25 heavy (non-hydrogen) atoms. The molecule has 0 aliphatic carbocycles. The summed E-state index contributed by atoms with van der Waals surface area (Å²) in [4.78, 5) is 19.2. The Hall–Kier alpha value is -3.03. The SMILES string of the molecule is Cc1nnc(CN(C(=O)c2cccc(-n3cccn3)n2)C(C)(C)C)o1. The number of aryl methyl sites for hydroxylation is 1. The molecule has 0 N–H and O–H groups in total. The Kier molecular flexibility index (Phi) is 4.35. The van der Waals surface area contributed by atoms with E-state index in [1.165, 1.54) is 0 Å². The van der Waals surface area contributed by atoms with Crippen molar-refractivity contribution in [2.75, 3.05) is 0 Å². The number of aromatic nitrogens is 5. The summed E-state index contributed by atoms with van der Waals surface area (Å²) >= 11 is 0. The van der Waals surface area contributed by atoms with E-state index in [0.29, 0.717) is 23.3 Å². The molecule has 3 aromatic rings. The van der Waals surface area contributed by atoms with Crippen molar-refractivity contribution in [3.8, 4) is 5.82 Å². The van der Waals surface area contributed by atoms with Gasteiger partial charge in [-0.15, -0.1) is 10.2 Å². The fourth-order valence-electron chi connectivity index (χ4n) is 2.36. The second-order valence-corrected chi connectivity index (χ2v) is 6.61. The van der Waals surface area contributed by atoms with Gasteiger partial charge in [0.15, 0.2) is 5.82 Å². The molecule has 0 unspecified atom stereocenters. The Morgan fingerprint density at radius 2 is 2.04 bits per heavy atom. The van der Waals surface area contributed by atoms with Gasteiger partial charge in [-0.05, 0) is 39.0 Å². The highest BCUT2D eigenvalue weighted by molar-refractivity contribution is 5.92. The van der Waals surface area contributed by atoms with Crippen LogP contribution in [0.4, 0.5) is 0 Å². The maximum Gasteiger partial charge on any atom is 0.273 e. The number of carbonyl (C=O) groups excluding carboxylic acids is 1. The van der Waals surface area contributed by atoms with Gasteiger partial charge in [0.05, 0.1) is 6.54 Å². The average Bonchev–Trinajstić information content (AvgIpc) is 3.23. The van der Waals surface area contributed by atoms with Gasteiger partial charge in [0.2, 0.25) is 11.8 Å². The first kappa shape index (κ1) is 16.8. The Bertz CT molecular complexity index is 863. The zero-order valence-corrected chi connectivity index (χ0v) is 14.7. The predicted octanol–water partition coefficient (Wildman–Crippen LogP) is 2.40. The van der Waals surface area contributed by atoms with E-state index in [9.17, 15) is 4.79 Å². The molecular formula is C17H20N6O2. The summed E-state index contributed by atoms with van der Waals surface area (Å²) in [5.74, 6) is 1.23. The van der Waals surface area contributed by atoms with Gasteiger partial charge in [0.25, 0.3) is 5.91 Å². The van der Waals surface area contributed by atoms with Crippen molar-refractivity contribution in [1.82, 2.24) is 29.9 Å². The summed E-state index contributed by atoms with van der Waals surface area (Å²) in [7, 11) is 0. The highest BCUT2D eigenvalue weighted by atomic mass is 16.4. The first-order valence-corrected chi connectivity index (χ1v) is 7.92. The number of hydrogen-bond donors (Lipinski definition) is 0. The van der Waals surface area contributed by atoms with Gasteiger partial charge in [-0.25, -0.2) is 9.67 Å². The molecule has 8 heteroatoms. The third-order valence-corrected chi connectivity index (χ3v) is 3.61. The molecule has 0 atom stereocenters. The predicted molar refractivity (Wildman–Crippen MR) is 90.0 cm³/mol. The molecule has 0 fully saturated rings. The molecule has 0 bridgehead atoms. The quantitative estimate of drug-likeness (QED) is 0.724. The van der Waals surface area contributed by atoms with Crippen LogP contribution >= 0.6 is 0 Å². The molecule has 3 rings (SSSR count). The van der Waals surface area contributed by atoms with Gasteiger partial charge in [-0.3, -0.25) is 4.79 Å². The molecule has 0 spiro atoms. The largest absolute Gasteiger partial charge is 0.424 e. The maximum atomic E-state index is 13.1. The highest BCUT2D eigenvalue weighted by Gasteiger charge is 2.30. The van der Waals surface area contributed by atoms with Crippen molar-refractivity contribution in [2.24, 2.45) is 0 Å². The van der Waals surface area contributed by atoms with E-state index in [-0.39, 0.29) is 12.5 Å². The first-order chi connectivity index (χ1) is 11.8. The fourth-order valence-corrected chi connectivity index (χ4v) is 2.36. The van der Waals surface area contributed by atoms with Crippen LogP contribution in [0.25, 0.3) is 5.82 Å². The van der Waals surface area contributed by atoms with Crippen LogP contribution in [0.1, 0.15) is 43.0 Å². The minimum atomic E-state index is -0.442. The Balaban J connectivity index is 1.91. The summed E-state index contributed by atoms with van der Waals surface area (Å²) in [6, 6.07) is 7.07. The molecule has 0 saturated carbocycles. The van der Waals surface area contributed by atoms with Crippen LogP contribution in [0.2, 0.25) is 0 Å². The summed E-state index contributed by atoms with van der Waals surface area (Å²) in [6.07, 6.45) is 3.44. The van der Waals surface area contributed by atoms with Gasteiger partial charge in [0.1, 0.15) is 5.69 Å². The second-order valence-electron chi connectivity index (χ2n) is 6.61. The summed E-state index contributed by atoms with van der Waals surface area (Å²) in [6.45, 7) is 7.79. The first-order valence-electron chi connectivity index (χ1n) is 7.92. The lowest BCUT2D eigenvalue weighted by molar-refractivity contribution is 0.0525. The van der Waals surface area contributed by atoms with Crippen LogP contribution in [-0.2, 0) is 6.54 Å². The van der Waals surface area contributed by atoms with E-state index in [0.717, 1.165) is 0 Å². The highest BCUT2D eigenvalue weighted by Crippen LogP contribution is 2.20. The molecular weight excluding hydrogens is 320 g/mol. The molecule has 3 heterocycles. The van der Waals surface area contributed by atoms with Gasteiger partial charge < -0.3 is 9.32 Å². The van der Waals surface area contributed by atoms with Crippen molar-refractivity contribution >= 4 is 5.91 Å². The number of amides is 1. The van der Waals surface area contributed by atoms with Crippen molar-refractivity contribution < 1.29 is 9.21 Å². The van der Waals surface area contributed by atoms with E-state index in [1.54, 1.807) is 53.2 Å². The molecule has 3 aromatic heterocycles. The van der Waals surface area contributed by atoms with Crippen LogP contribution in [0.5, 0.6) is 0 Å². The zero-order chi connectivity index (χ0) is 18.0. The minimum Gasteiger partial charge on any atom is -0.424 e. The average molecular weight is 340 g/mol. The molecule has 0 aromatic carbocycles. The molecule has 1 amide bonds. The Labute approximate surface area is 145 Å². The Morgan fingerprint density at radius 1 is 1.24 bits per heavy atom. The third kappa shape index (κ3) is 3.73. The number of carbonyl (C=O) groups is 1. The van der Waals surface area contributed by atoms with Crippen LogP contribution in [0, 0.1) is 6.92 Å². The Morgan fingerprint density at radius 3 is 2.64 bits per heavy atom. The van der Waals surface area contributed by atoms with Crippen LogP contribution in [0.15, 0.2) is 41.1 Å². The fraction of sp³-hybridized carbons (Fsp3) is 0.353. The standard InChI is InChI=1S/C17H20N6O2/c1-12-20-21-15(25-12)11-22(17(2,3)4)16(24)13-7-5-8-14(19-13)23-10-6-9-18-23/h5-10H,11H2,1-4H3. The van der Waals surface area contributed by atoms with Crippen molar-refractivity contribution in [3.63, 3.8) is 0 Å². The molecule has 0 radical (unpaired) electrons. The molecule has 0 aliphatic rings. The molecule has 0 saturated heterocycles. The van der Waals surface area contributed by atoms with Crippen molar-refractivity contribution in [1.29, 1.82) is 0 Å². The van der Waals surface area contributed by atoms with E-state index in [4.69, 9.17) is 4.42 Å². The number of nitrogens with zero attached hydrogens (tertiary/aromatic N) is 6. The maximum absolute atomic E-state index is 13.1. The van der Waals surface area contributed by atoms with Crippen LogP contribution in [-0.4, -0.2) is 41.3 Å². The van der Waals surface area contributed by atoms with Gasteiger partial charge in [0, 0.05) is 24.9 Å². The van der Waals surface area contributed by atoms with Crippen LogP contribution < -0.4 is 0 Å². The lowest BCUT2D eigenvalue weighted by Gasteiger charge is -2.34. The molecule has 0 aliphatic heterocycles. The van der Waals surface area contributed by atoms with Crippen molar-refractivity contribution in [2.45, 2.75) is 39.8 Å². The van der Waals surface area contributed by atoms with Gasteiger partial charge in [-0.1, -0.05) is 6.07 Å². The van der Waals surface area contributed by atoms with Crippen molar-refractivity contribution in [3.05, 3.63) is 54.1 Å². The zero-order valence-electron chi connectivity index (χ0n) is 14.7. The van der Waals surface area contributed by atoms with Crippen LogP contribution in [0.3, 0.4) is 0 Å². The summed E-state index contributed by atoms with van der Waals surface area (Å²) in [5, 5.41) is 12.0. The molecule has 130 valence electrons. The van der Waals surface area contributed by atoms with Gasteiger partial charge in [-0.2, -0.15) is 5.10 Å². The lowest BCUT2D eigenvalue weighted by Crippen LogP contribution is -2.45. The summed E-state index contributed by atoms with van der Waals surface area (Å²) in [5.41, 5.74) is -0.109. The summed E-state index contributed by atoms with van der Waals surface area (Å²) < 4.78 is 7.04. The number of rotatable bonds is 4. The van der Waals surface area contributed by atoms with E-state index < -0.39 is 5.54 Å². The van der Waals surface area contributed by atoms with E-state index >= 15 is 0 Å². The lowest BCUT2D eigenvalue weighted by atomic mass is 10.1. The number of hydrogen-bond acceptors (Lipinski definition) is 6. The minimum absolute atomic E-state index is 0.211. The third-order valence-electron chi connectivity index (χ3n) is 3.61. The normalized spacial score (nSPS) is 11.5. The molecule has 8 nitrogen and oxygen atoms in total. The van der Waals surface area contributed by atoms with Gasteiger partial charge >= 0.3 is 0 Å². The second kappa shape index (κ2) is 6.46. The van der Waals surface area contributed by atoms with E-state index in [2.05, 4.69) is 20.3 Å². The van der Waals surface area contributed by atoms with E-state index in [1.807, 2.05) is 20.8 Å². The topological polar surface area (TPSA) is 89.9 Å².